The minimum absolute atomic E-state index is 0.173. The Morgan fingerprint density at radius 2 is 1.77 bits per heavy atom. The second-order valence-electron chi connectivity index (χ2n) is 5.57. The van der Waals surface area contributed by atoms with E-state index in [0.29, 0.717) is 16.4 Å². The Morgan fingerprint density at radius 3 is 2.38 bits per heavy atom. The van der Waals surface area contributed by atoms with Gasteiger partial charge in [0.25, 0.3) is 5.91 Å². The predicted molar refractivity (Wildman–Crippen MR) is 101 cm³/mol. The van der Waals surface area contributed by atoms with Crippen molar-refractivity contribution in [3.8, 4) is 0 Å². The number of aromatic nitrogens is 3. The van der Waals surface area contributed by atoms with E-state index < -0.39 is 6.04 Å². The summed E-state index contributed by atoms with van der Waals surface area (Å²) in [6.07, 6.45) is 4.65. The molecule has 2 N–H and O–H groups in total. The van der Waals surface area contributed by atoms with E-state index in [4.69, 9.17) is 28.9 Å². The van der Waals surface area contributed by atoms with E-state index in [-0.39, 0.29) is 16.7 Å². The average Bonchev–Trinajstić information content (AvgIpc) is 2.66. The van der Waals surface area contributed by atoms with Crippen molar-refractivity contribution in [1.29, 1.82) is 0 Å². The molecule has 3 rings (SSSR count). The van der Waals surface area contributed by atoms with E-state index in [1.54, 1.807) is 37.6 Å². The van der Waals surface area contributed by atoms with Gasteiger partial charge in [0.15, 0.2) is 5.82 Å². The van der Waals surface area contributed by atoms with Crippen LogP contribution in [-0.4, -0.2) is 32.8 Å². The lowest BCUT2D eigenvalue weighted by Crippen LogP contribution is -2.33. The standard InChI is InChI=1S/C18H15Cl2N5O/c1-25(18(26)12-9-14(20)16(21)24-10-12)15(17-22-7-2-8-23-17)11-3-5-13(19)6-4-11/h2-10,15H,1H3,(H2,21,24). The summed E-state index contributed by atoms with van der Waals surface area (Å²) in [5.41, 5.74) is 6.77. The van der Waals surface area contributed by atoms with Crippen molar-refractivity contribution in [3.05, 3.63) is 82.0 Å². The fourth-order valence-electron chi connectivity index (χ4n) is 2.53. The molecule has 0 saturated carbocycles. The number of benzene rings is 1. The molecule has 0 aliphatic rings. The van der Waals surface area contributed by atoms with Gasteiger partial charge >= 0.3 is 0 Å². The normalized spacial score (nSPS) is 11.8. The third-order valence-corrected chi connectivity index (χ3v) is 4.40. The first-order valence-corrected chi connectivity index (χ1v) is 8.43. The lowest BCUT2D eigenvalue weighted by molar-refractivity contribution is 0.0749. The maximum absolute atomic E-state index is 13.0. The highest BCUT2D eigenvalue weighted by Gasteiger charge is 2.27. The average molecular weight is 388 g/mol. The second kappa shape index (κ2) is 7.68. The van der Waals surface area contributed by atoms with Crippen molar-refractivity contribution in [3.63, 3.8) is 0 Å². The summed E-state index contributed by atoms with van der Waals surface area (Å²) in [7, 11) is 1.67. The van der Waals surface area contributed by atoms with Crippen molar-refractivity contribution in [2.45, 2.75) is 6.04 Å². The van der Waals surface area contributed by atoms with E-state index in [1.807, 2.05) is 12.1 Å². The van der Waals surface area contributed by atoms with Gasteiger partial charge in [-0.15, -0.1) is 0 Å². The van der Waals surface area contributed by atoms with Crippen LogP contribution in [0.15, 0.2) is 55.0 Å². The molecular weight excluding hydrogens is 373 g/mol. The van der Waals surface area contributed by atoms with Gasteiger partial charge in [0.05, 0.1) is 10.6 Å². The summed E-state index contributed by atoms with van der Waals surface area (Å²) in [6.45, 7) is 0. The van der Waals surface area contributed by atoms with E-state index in [0.717, 1.165) is 5.56 Å². The minimum Gasteiger partial charge on any atom is -0.382 e. The molecule has 132 valence electrons. The van der Waals surface area contributed by atoms with Gasteiger partial charge in [-0.2, -0.15) is 0 Å². The summed E-state index contributed by atoms with van der Waals surface area (Å²) in [6, 6.07) is 9.89. The van der Waals surface area contributed by atoms with Crippen molar-refractivity contribution in [2.75, 3.05) is 12.8 Å². The molecule has 0 aliphatic heterocycles. The van der Waals surface area contributed by atoms with Crippen molar-refractivity contribution >= 4 is 34.9 Å². The summed E-state index contributed by atoms with van der Waals surface area (Å²) in [5.74, 6) is 0.374. The lowest BCUT2D eigenvalue weighted by atomic mass is 10.0. The minimum atomic E-state index is -0.503. The van der Waals surface area contributed by atoms with Crippen LogP contribution < -0.4 is 5.73 Å². The molecule has 1 aromatic carbocycles. The van der Waals surface area contributed by atoms with E-state index in [2.05, 4.69) is 15.0 Å². The summed E-state index contributed by atoms with van der Waals surface area (Å²) in [5, 5.41) is 0.827. The topological polar surface area (TPSA) is 85.0 Å². The van der Waals surface area contributed by atoms with Crippen LogP contribution >= 0.6 is 23.2 Å². The van der Waals surface area contributed by atoms with Crippen molar-refractivity contribution in [1.82, 2.24) is 19.9 Å². The molecule has 2 aromatic heterocycles. The molecule has 26 heavy (non-hydrogen) atoms. The number of anilines is 1. The zero-order valence-corrected chi connectivity index (χ0v) is 15.3. The molecule has 0 saturated heterocycles. The SMILES string of the molecule is CN(C(=O)c1cnc(N)c(Cl)c1)C(c1ccc(Cl)cc1)c1ncccn1. The maximum atomic E-state index is 13.0. The Labute approximate surface area is 160 Å². The summed E-state index contributed by atoms with van der Waals surface area (Å²) in [4.78, 5) is 27.1. The molecule has 1 amide bonds. The first-order chi connectivity index (χ1) is 12.5. The number of carbonyl (C=O) groups is 1. The number of nitrogens with two attached hydrogens (primary N) is 1. The first-order valence-electron chi connectivity index (χ1n) is 7.68. The fourth-order valence-corrected chi connectivity index (χ4v) is 2.82. The molecule has 0 fully saturated rings. The van der Waals surface area contributed by atoms with Crippen LogP contribution in [-0.2, 0) is 0 Å². The molecular formula is C18H15Cl2N5O. The number of rotatable bonds is 4. The number of nitrogens with zero attached hydrogens (tertiary/aromatic N) is 4. The number of amides is 1. The second-order valence-corrected chi connectivity index (χ2v) is 6.41. The van der Waals surface area contributed by atoms with Crippen LogP contribution in [0.25, 0.3) is 0 Å². The van der Waals surface area contributed by atoms with Crippen LogP contribution in [0.1, 0.15) is 27.8 Å². The quantitative estimate of drug-likeness (QED) is 0.738. The van der Waals surface area contributed by atoms with Crippen LogP contribution in [0, 0.1) is 0 Å². The van der Waals surface area contributed by atoms with Crippen molar-refractivity contribution in [2.24, 2.45) is 0 Å². The number of carbonyl (C=O) groups excluding carboxylic acids is 1. The zero-order valence-electron chi connectivity index (χ0n) is 13.8. The number of nitrogen functional groups attached to an aromatic ring is 1. The smallest absolute Gasteiger partial charge is 0.256 e. The highest BCUT2D eigenvalue weighted by atomic mass is 35.5. The van der Waals surface area contributed by atoms with Gasteiger partial charge < -0.3 is 10.6 Å². The summed E-state index contributed by atoms with van der Waals surface area (Å²) >= 11 is 12.0. The lowest BCUT2D eigenvalue weighted by Gasteiger charge is -2.27. The monoisotopic (exact) mass is 387 g/mol. The number of hydrogen-bond donors (Lipinski definition) is 1. The van der Waals surface area contributed by atoms with E-state index in [1.165, 1.54) is 17.2 Å². The molecule has 0 aliphatic carbocycles. The zero-order chi connectivity index (χ0) is 18.7. The van der Waals surface area contributed by atoms with Crippen LogP contribution in [0.4, 0.5) is 5.82 Å². The highest BCUT2D eigenvalue weighted by Crippen LogP contribution is 2.28. The Balaban J connectivity index is 2.01. The van der Waals surface area contributed by atoms with Gasteiger partial charge in [0.1, 0.15) is 11.9 Å². The van der Waals surface area contributed by atoms with Gasteiger partial charge in [-0.3, -0.25) is 4.79 Å². The predicted octanol–water partition coefficient (Wildman–Crippen LogP) is 3.62. The van der Waals surface area contributed by atoms with E-state index in [9.17, 15) is 4.79 Å². The molecule has 1 unspecified atom stereocenters. The third kappa shape index (κ3) is 3.76. The van der Waals surface area contributed by atoms with Gasteiger partial charge in [-0.05, 0) is 29.8 Å². The van der Waals surface area contributed by atoms with Crippen LogP contribution in [0.5, 0.6) is 0 Å². The van der Waals surface area contributed by atoms with Crippen LogP contribution in [0.3, 0.4) is 0 Å². The van der Waals surface area contributed by atoms with Gasteiger partial charge in [0.2, 0.25) is 0 Å². The Kier molecular flexibility index (Phi) is 5.35. The van der Waals surface area contributed by atoms with Gasteiger partial charge in [-0.1, -0.05) is 35.3 Å². The summed E-state index contributed by atoms with van der Waals surface area (Å²) < 4.78 is 0. The number of halogens is 2. The number of hydrogen-bond acceptors (Lipinski definition) is 5. The third-order valence-electron chi connectivity index (χ3n) is 3.84. The fraction of sp³-hybridized carbons (Fsp3) is 0.111. The van der Waals surface area contributed by atoms with Gasteiger partial charge in [-0.25, -0.2) is 15.0 Å². The molecule has 8 heteroatoms. The highest BCUT2D eigenvalue weighted by molar-refractivity contribution is 6.33. The Morgan fingerprint density at radius 1 is 1.12 bits per heavy atom. The van der Waals surface area contributed by atoms with E-state index >= 15 is 0 Å². The van der Waals surface area contributed by atoms with Crippen molar-refractivity contribution < 1.29 is 4.79 Å². The molecule has 3 aromatic rings. The molecule has 1 atom stereocenters. The molecule has 6 nitrogen and oxygen atoms in total. The first kappa shape index (κ1) is 18.1. The van der Waals surface area contributed by atoms with Gasteiger partial charge in [0, 0.05) is 30.7 Å². The Bertz CT molecular complexity index is 919. The number of pyridine rings is 1. The molecule has 0 spiro atoms. The molecule has 0 bridgehead atoms. The molecule has 2 heterocycles. The Hall–Kier alpha value is -2.70. The molecule has 0 radical (unpaired) electrons. The largest absolute Gasteiger partial charge is 0.382 e. The maximum Gasteiger partial charge on any atom is 0.256 e. The van der Waals surface area contributed by atoms with Crippen LogP contribution in [0.2, 0.25) is 10.0 Å².